The molecule has 0 aliphatic heterocycles. The SMILES string of the molecule is CN(Cc1csc(Br)c1)C(CN)c1cc(Cl)ccc1F. The summed E-state index contributed by atoms with van der Waals surface area (Å²) in [6.45, 7) is 1.04. The molecule has 1 aromatic heterocycles. The van der Waals surface area contributed by atoms with Gasteiger partial charge < -0.3 is 5.73 Å². The molecule has 2 nitrogen and oxygen atoms in total. The zero-order chi connectivity index (χ0) is 14.7. The van der Waals surface area contributed by atoms with Crippen molar-refractivity contribution in [3.8, 4) is 0 Å². The van der Waals surface area contributed by atoms with Crippen molar-refractivity contribution in [3.63, 3.8) is 0 Å². The topological polar surface area (TPSA) is 29.3 Å². The summed E-state index contributed by atoms with van der Waals surface area (Å²) in [5, 5.41) is 2.59. The van der Waals surface area contributed by atoms with Crippen LogP contribution in [0.2, 0.25) is 5.02 Å². The van der Waals surface area contributed by atoms with Crippen LogP contribution in [0, 0.1) is 5.82 Å². The van der Waals surface area contributed by atoms with Crippen LogP contribution >= 0.6 is 38.9 Å². The number of nitrogens with two attached hydrogens (primary N) is 1. The minimum absolute atomic E-state index is 0.202. The molecule has 0 radical (unpaired) electrons. The number of halogens is 3. The molecule has 0 bridgehead atoms. The highest BCUT2D eigenvalue weighted by Gasteiger charge is 2.20. The summed E-state index contributed by atoms with van der Waals surface area (Å²) in [7, 11) is 1.93. The molecule has 1 unspecified atom stereocenters. The highest BCUT2D eigenvalue weighted by atomic mass is 79.9. The fraction of sp³-hybridized carbons (Fsp3) is 0.286. The lowest BCUT2D eigenvalue weighted by atomic mass is 10.0. The van der Waals surface area contributed by atoms with Crippen LogP contribution in [-0.2, 0) is 6.54 Å². The summed E-state index contributed by atoms with van der Waals surface area (Å²) < 4.78 is 15.0. The fourth-order valence-corrected chi connectivity index (χ4v) is 3.52. The Bertz CT molecular complexity index is 590. The van der Waals surface area contributed by atoms with Crippen molar-refractivity contribution in [1.82, 2.24) is 4.90 Å². The lowest BCUT2D eigenvalue weighted by molar-refractivity contribution is 0.237. The molecule has 0 fully saturated rings. The Kier molecular flexibility index (Phi) is 5.57. The Morgan fingerprint density at radius 2 is 2.20 bits per heavy atom. The smallest absolute Gasteiger partial charge is 0.128 e. The summed E-state index contributed by atoms with van der Waals surface area (Å²) >= 11 is 11.0. The van der Waals surface area contributed by atoms with E-state index in [1.165, 1.54) is 11.6 Å². The van der Waals surface area contributed by atoms with Crippen LogP contribution in [0.4, 0.5) is 4.39 Å². The standard InChI is InChI=1S/C14H15BrClFN2S/c1-19(7-9-4-14(15)20-8-9)13(6-18)11-5-10(16)2-3-12(11)17/h2-5,8,13H,6-7,18H2,1H3. The molecule has 1 heterocycles. The average molecular weight is 378 g/mol. The van der Waals surface area contributed by atoms with Gasteiger partial charge in [0, 0.05) is 29.7 Å². The predicted molar refractivity (Wildman–Crippen MR) is 86.7 cm³/mol. The molecule has 0 aliphatic carbocycles. The molecule has 6 heteroatoms. The summed E-state index contributed by atoms with van der Waals surface area (Å²) in [4.78, 5) is 2.03. The van der Waals surface area contributed by atoms with Crippen molar-refractivity contribution in [3.05, 3.63) is 55.4 Å². The van der Waals surface area contributed by atoms with E-state index in [1.807, 2.05) is 11.9 Å². The monoisotopic (exact) mass is 376 g/mol. The van der Waals surface area contributed by atoms with Crippen LogP contribution in [0.3, 0.4) is 0 Å². The van der Waals surface area contributed by atoms with Crippen molar-refractivity contribution < 1.29 is 4.39 Å². The molecular formula is C14H15BrClFN2S. The van der Waals surface area contributed by atoms with E-state index in [4.69, 9.17) is 17.3 Å². The van der Waals surface area contributed by atoms with Crippen LogP contribution in [0.1, 0.15) is 17.2 Å². The Morgan fingerprint density at radius 3 is 2.80 bits per heavy atom. The normalized spacial score (nSPS) is 12.9. The minimum Gasteiger partial charge on any atom is -0.329 e. The van der Waals surface area contributed by atoms with Crippen molar-refractivity contribution in [2.45, 2.75) is 12.6 Å². The van der Waals surface area contributed by atoms with Crippen LogP contribution in [0.15, 0.2) is 33.4 Å². The number of thiophene rings is 1. The van der Waals surface area contributed by atoms with E-state index in [1.54, 1.807) is 23.5 Å². The van der Waals surface area contributed by atoms with Gasteiger partial charge in [0.2, 0.25) is 0 Å². The fourth-order valence-electron chi connectivity index (χ4n) is 2.14. The highest BCUT2D eigenvalue weighted by molar-refractivity contribution is 9.11. The molecule has 108 valence electrons. The van der Waals surface area contributed by atoms with E-state index < -0.39 is 0 Å². The first-order chi connectivity index (χ1) is 9.51. The number of benzene rings is 1. The first kappa shape index (κ1) is 15.9. The lowest BCUT2D eigenvalue weighted by Crippen LogP contribution is -2.30. The number of nitrogens with zero attached hydrogens (tertiary/aromatic N) is 1. The molecule has 1 aromatic carbocycles. The maximum atomic E-state index is 14.0. The summed E-state index contributed by atoms with van der Waals surface area (Å²) in [6, 6.07) is 6.43. The van der Waals surface area contributed by atoms with Crippen molar-refractivity contribution in [2.24, 2.45) is 5.73 Å². The van der Waals surface area contributed by atoms with Crippen LogP contribution in [-0.4, -0.2) is 18.5 Å². The largest absolute Gasteiger partial charge is 0.329 e. The van der Waals surface area contributed by atoms with Gasteiger partial charge in [0.1, 0.15) is 5.82 Å². The van der Waals surface area contributed by atoms with Crippen molar-refractivity contribution in [2.75, 3.05) is 13.6 Å². The quantitative estimate of drug-likeness (QED) is 0.835. The molecule has 2 rings (SSSR count). The van der Waals surface area contributed by atoms with Gasteiger partial charge in [-0.2, -0.15) is 0 Å². The molecule has 0 saturated heterocycles. The van der Waals surface area contributed by atoms with E-state index in [0.29, 0.717) is 23.7 Å². The molecule has 1 atom stereocenters. The zero-order valence-corrected chi connectivity index (χ0v) is 14.1. The zero-order valence-electron chi connectivity index (χ0n) is 10.9. The second-order valence-electron chi connectivity index (χ2n) is 4.59. The predicted octanol–water partition coefficient (Wildman–Crippen LogP) is 4.43. The van der Waals surface area contributed by atoms with E-state index in [9.17, 15) is 4.39 Å². The van der Waals surface area contributed by atoms with Gasteiger partial charge in [0.15, 0.2) is 0 Å². The van der Waals surface area contributed by atoms with Crippen LogP contribution < -0.4 is 5.73 Å². The third kappa shape index (κ3) is 3.80. The second-order valence-corrected chi connectivity index (χ2v) is 7.32. The maximum absolute atomic E-state index is 14.0. The van der Waals surface area contributed by atoms with Gasteiger partial charge in [-0.15, -0.1) is 11.3 Å². The van der Waals surface area contributed by atoms with Gasteiger partial charge >= 0.3 is 0 Å². The lowest BCUT2D eigenvalue weighted by Gasteiger charge is -2.27. The first-order valence-corrected chi connectivity index (χ1v) is 8.14. The summed E-state index contributed by atoms with van der Waals surface area (Å²) in [6.07, 6.45) is 0. The summed E-state index contributed by atoms with van der Waals surface area (Å²) in [5.41, 5.74) is 7.54. The molecule has 20 heavy (non-hydrogen) atoms. The van der Waals surface area contributed by atoms with Crippen LogP contribution in [0.25, 0.3) is 0 Å². The van der Waals surface area contributed by atoms with Gasteiger partial charge in [-0.25, -0.2) is 4.39 Å². The van der Waals surface area contributed by atoms with Crippen molar-refractivity contribution >= 4 is 38.9 Å². The number of likely N-dealkylation sites (N-methyl/N-ethyl adjacent to an activating group) is 1. The van der Waals surface area contributed by atoms with Gasteiger partial charge in [-0.05, 0) is 58.2 Å². The highest BCUT2D eigenvalue weighted by Crippen LogP contribution is 2.27. The molecule has 2 aromatic rings. The maximum Gasteiger partial charge on any atom is 0.128 e. The Labute approximate surface area is 135 Å². The van der Waals surface area contributed by atoms with E-state index >= 15 is 0 Å². The average Bonchev–Trinajstić information content (AvgIpc) is 2.80. The second kappa shape index (κ2) is 7.00. The summed E-state index contributed by atoms with van der Waals surface area (Å²) in [5.74, 6) is -0.275. The number of hydrogen-bond donors (Lipinski definition) is 1. The van der Waals surface area contributed by atoms with Crippen molar-refractivity contribution in [1.29, 1.82) is 0 Å². The third-order valence-corrected chi connectivity index (χ3v) is 4.91. The number of hydrogen-bond acceptors (Lipinski definition) is 3. The molecule has 2 N–H and O–H groups in total. The Balaban J connectivity index is 2.20. The van der Waals surface area contributed by atoms with Gasteiger partial charge in [-0.3, -0.25) is 4.90 Å². The third-order valence-electron chi connectivity index (χ3n) is 3.13. The Hall–Kier alpha value is -0.460. The molecule has 0 saturated carbocycles. The van der Waals surface area contributed by atoms with E-state index in [-0.39, 0.29) is 11.9 Å². The van der Waals surface area contributed by atoms with E-state index in [2.05, 4.69) is 27.4 Å². The number of rotatable bonds is 5. The molecule has 0 amide bonds. The van der Waals surface area contributed by atoms with Gasteiger partial charge in [0.05, 0.1) is 3.79 Å². The first-order valence-electron chi connectivity index (χ1n) is 6.09. The molecule has 0 aliphatic rings. The van der Waals surface area contributed by atoms with Gasteiger partial charge in [-0.1, -0.05) is 11.6 Å². The molecular weight excluding hydrogens is 363 g/mol. The molecule has 0 spiro atoms. The Morgan fingerprint density at radius 1 is 1.45 bits per heavy atom. The minimum atomic E-state index is -0.275. The van der Waals surface area contributed by atoms with Crippen LogP contribution in [0.5, 0.6) is 0 Å². The van der Waals surface area contributed by atoms with Gasteiger partial charge in [0.25, 0.3) is 0 Å². The van der Waals surface area contributed by atoms with E-state index in [0.717, 1.165) is 3.79 Å².